The number of carbonyl (C=O) groups is 1. The van der Waals surface area contributed by atoms with Crippen LogP contribution in [0.4, 0.5) is 0 Å². The van der Waals surface area contributed by atoms with E-state index in [0.29, 0.717) is 12.6 Å². The maximum Gasteiger partial charge on any atom is 0.253 e. The summed E-state index contributed by atoms with van der Waals surface area (Å²) in [6.07, 6.45) is 5.15. The largest absolute Gasteiger partial charge is 0.370 e. The minimum atomic E-state index is 0.153. The Kier molecular flexibility index (Phi) is 4.41. The summed E-state index contributed by atoms with van der Waals surface area (Å²) in [5.74, 6) is 0.153. The molecule has 5 rings (SSSR count). The van der Waals surface area contributed by atoms with Crippen LogP contribution in [0.3, 0.4) is 0 Å². The molecular formula is C20H25N5O2. The Morgan fingerprint density at radius 1 is 1.07 bits per heavy atom. The molecule has 1 amide bonds. The van der Waals surface area contributed by atoms with Crippen LogP contribution < -0.4 is 0 Å². The maximum atomic E-state index is 12.7. The van der Waals surface area contributed by atoms with Crippen LogP contribution in [0, 0.1) is 0 Å². The van der Waals surface area contributed by atoms with Gasteiger partial charge in [0.25, 0.3) is 5.91 Å². The molecule has 2 aromatic rings. The number of nitrogens with zero attached hydrogens (tertiary/aromatic N) is 5. The molecule has 27 heavy (non-hydrogen) atoms. The van der Waals surface area contributed by atoms with Crippen molar-refractivity contribution in [3.8, 4) is 0 Å². The van der Waals surface area contributed by atoms with E-state index in [2.05, 4.69) is 19.9 Å². The summed E-state index contributed by atoms with van der Waals surface area (Å²) in [6, 6.07) is 10.4. The second-order valence-electron chi connectivity index (χ2n) is 7.76. The third-order valence-corrected chi connectivity index (χ3v) is 6.25. The van der Waals surface area contributed by atoms with E-state index in [0.717, 1.165) is 56.7 Å². The first-order chi connectivity index (χ1) is 13.3. The zero-order valence-corrected chi connectivity index (χ0v) is 15.4. The topological polar surface area (TPSA) is 63.5 Å². The maximum absolute atomic E-state index is 12.7. The predicted molar refractivity (Wildman–Crippen MR) is 99.2 cm³/mol. The van der Waals surface area contributed by atoms with Crippen molar-refractivity contribution in [2.75, 3.05) is 26.2 Å². The first-order valence-electron chi connectivity index (χ1n) is 9.88. The fourth-order valence-corrected chi connectivity index (χ4v) is 4.73. The van der Waals surface area contributed by atoms with Crippen LogP contribution in [0.15, 0.2) is 36.5 Å². The number of rotatable bonds is 2. The summed E-state index contributed by atoms with van der Waals surface area (Å²) in [4.78, 5) is 17.2. The van der Waals surface area contributed by atoms with Gasteiger partial charge < -0.3 is 9.64 Å². The first kappa shape index (κ1) is 16.9. The van der Waals surface area contributed by atoms with Crippen molar-refractivity contribution >= 4 is 5.91 Å². The summed E-state index contributed by atoms with van der Waals surface area (Å²) in [5, 5.41) is 8.36. The van der Waals surface area contributed by atoms with Crippen LogP contribution in [0.5, 0.6) is 0 Å². The van der Waals surface area contributed by atoms with E-state index >= 15 is 0 Å². The van der Waals surface area contributed by atoms with E-state index in [1.54, 1.807) is 0 Å². The number of ether oxygens (including phenoxy) is 1. The minimum Gasteiger partial charge on any atom is -0.370 e. The highest BCUT2D eigenvalue weighted by molar-refractivity contribution is 5.94. The molecule has 2 fully saturated rings. The van der Waals surface area contributed by atoms with E-state index in [9.17, 15) is 4.79 Å². The average Bonchev–Trinajstić information content (AvgIpc) is 3.23. The highest BCUT2D eigenvalue weighted by Gasteiger charge is 2.39. The van der Waals surface area contributed by atoms with Gasteiger partial charge in [-0.3, -0.25) is 9.69 Å². The molecule has 0 saturated carbocycles. The average molecular weight is 367 g/mol. The van der Waals surface area contributed by atoms with Crippen LogP contribution in [-0.4, -0.2) is 69.0 Å². The Morgan fingerprint density at radius 2 is 1.89 bits per heavy atom. The lowest BCUT2D eigenvalue weighted by Crippen LogP contribution is -2.54. The van der Waals surface area contributed by atoms with Gasteiger partial charge in [-0.05, 0) is 31.4 Å². The smallest absolute Gasteiger partial charge is 0.253 e. The standard InChI is InChI=1S/C20H25N5O2/c26-20(15-4-2-1-3-5-15)23-9-6-16(7-10-23)24-11-8-19-18(13-24)25-17(14-27-19)12-21-22-25/h1-5,12,16,18-19H,6-11,13-14H2/t18-,19-/m1/s1. The Hall–Kier alpha value is -2.25. The van der Waals surface area contributed by atoms with E-state index in [1.807, 2.05) is 41.4 Å². The van der Waals surface area contributed by atoms with Gasteiger partial charge in [0.15, 0.2) is 0 Å². The second kappa shape index (κ2) is 7.05. The zero-order chi connectivity index (χ0) is 18.2. The van der Waals surface area contributed by atoms with Gasteiger partial charge in [0.1, 0.15) is 0 Å². The van der Waals surface area contributed by atoms with Gasteiger partial charge >= 0.3 is 0 Å². The molecule has 142 valence electrons. The molecule has 1 aromatic heterocycles. The lowest BCUT2D eigenvalue weighted by molar-refractivity contribution is -0.0757. The Morgan fingerprint density at radius 3 is 2.70 bits per heavy atom. The highest BCUT2D eigenvalue weighted by Crippen LogP contribution is 2.32. The van der Waals surface area contributed by atoms with Gasteiger partial charge in [-0.25, -0.2) is 4.68 Å². The monoisotopic (exact) mass is 367 g/mol. The summed E-state index contributed by atoms with van der Waals surface area (Å²) in [7, 11) is 0. The zero-order valence-electron chi connectivity index (χ0n) is 15.4. The van der Waals surface area contributed by atoms with Gasteiger partial charge in [0, 0.05) is 37.8 Å². The molecule has 0 bridgehead atoms. The second-order valence-corrected chi connectivity index (χ2v) is 7.76. The molecule has 2 atom stereocenters. The van der Waals surface area contributed by atoms with Crippen molar-refractivity contribution in [1.82, 2.24) is 24.8 Å². The van der Waals surface area contributed by atoms with Crippen molar-refractivity contribution in [3.63, 3.8) is 0 Å². The Labute approximate surface area is 158 Å². The van der Waals surface area contributed by atoms with Crippen LogP contribution in [0.2, 0.25) is 0 Å². The molecule has 7 nitrogen and oxygen atoms in total. The third-order valence-electron chi connectivity index (χ3n) is 6.25. The molecule has 2 saturated heterocycles. The third kappa shape index (κ3) is 3.15. The number of fused-ring (bicyclic) bond motifs is 3. The number of amides is 1. The molecule has 0 aliphatic carbocycles. The van der Waals surface area contributed by atoms with Gasteiger partial charge in [-0.1, -0.05) is 23.4 Å². The number of piperidine rings is 2. The summed E-state index contributed by atoms with van der Waals surface area (Å²) >= 11 is 0. The fourth-order valence-electron chi connectivity index (χ4n) is 4.73. The number of carbonyl (C=O) groups excluding carboxylic acids is 1. The van der Waals surface area contributed by atoms with Crippen molar-refractivity contribution < 1.29 is 9.53 Å². The van der Waals surface area contributed by atoms with Gasteiger partial charge in [-0.2, -0.15) is 0 Å². The van der Waals surface area contributed by atoms with Crippen LogP contribution in [0.1, 0.15) is 41.4 Å². The molecule has 3 aliphatic heterocycles. The van der Waals surface area contributed by atoms with Crippen molar-refractivity contribution in [1.29, 1.82) is 0 Å². The molecular weight excluding hydrogens is 342 g/mol. The van der Waals surface area contributed by atoms with Gasteiger partial charge in [-0.15, -0.1) is 5.10 Å². The van der Waals surface area contributed by atoms with E-state index in [4.69, 9.17) is 4.74 Å². The molecule has 3 aliphatic rings. The minimum absolute atomic E-state index is 0.153. The van der Waals surface area contributed by atoms with E-state index in [1.165, 1.54) is 0 Å². The predicted octanol–water partition coefficient (Wildman–Crippen LogP) is 1.73. The molecule has 4 heterocycles. The lowest BCUT2D eigenvalue weighted by atomic mass is 9.95. The molecule has 0 radical (unpaired) electrons. The molecule has 7 heteroatoms. The number of hydrogen-bond donors (Lipinski definition) is 0. The Balaban J connectivity index is 1.21. The van der Waals surface area contributed by atoms with Gasteiger partial charge in [0.2, 0.25) is 0 Å². The van der Waals surface area contributed by atoms with Crippen LogP contribution in [0.25, 0.3) is 0 Å². The summed E-state index contributed by atoms with van der Waals surface area (Å²) < 4.78 is 8.08. The number of aromatic nitrogens is 3. The fraction of sp³-hybridized carbons (Fsp3) is 0.550. The van der Waals surface area contributed by atoms with Crippen molar-refractivity contribution in [2.45, 2.75) is 44.1 Å². The van der Waals surface area contributed by atoms with Crippen LogP contribution in [-0.2, 0) is 11.3 Å². The van der Waals surface area contributed by atoms with Crippen LogP contribution >= 0.6 is 0 Å². The van der Waals surface area contributed by atoms with Gasteiger partial charge in [0.05, 0.1) is 30.6 Å². The lowest BCUT2D eigenvalue weighted by Gasteiger charge is -2.46. The quantitative estimate of drug-likeness (QED) is 0.809. The number of hydrogen-bond acceptors (Lipinski definition) is 5. The normalized spacial score (nSPS) is 26.4. The molecule has 0 unspecified atom stereocenters. The summed E-state index contributed by atoms with van der Waals surface area (Å²) in [6.45, 7) is 4.29. The van der Waals surface area contributed by atoms with Crippen molar-refractivity contribution in [3.05, 3.63) is 47.8 Å². The first-order valence-corrected chi connectivity index (χ1v) is 9.88. The van der Waals surface area contributed by atoms with Crippen molar-refractivity contribution in [2.24, 2.45) is 0 Å². The number of benzene rings is 1. The molecule has 0 spiro atoms. The van der Waals surface area contributed by atoms with E-state index in [-0.39, 0.29) is 18.1 Å². The Bertz CT molecular complexity index is 800. The highest BCUT2D eigenvalue weighted by atomic mass is 16.5. The summed E-state index contributed by atoms with van der Waals surface area (Å²) in [5.41, 5.74) is 1.86. The SMILES string of the molecule is O=C(c1ccccc1)N1CCC(N2CC[C@H]3OCc4cnnn4[C@@H]3C2)CC1. The molecule has 0 N–H and O–H groups in total. The molecule has 1 aromatic carbocycles. The van der Waals surface area contributed by atoms with E-state index < -0.39 is 0 Å². The number of likely N-dealkylation sites (tertiary alicyclic amines) is 2.